The number of hydrogen-bond acceptors (Lipinski definition) is 2. The van der Waals surface area contributed by atoms with Gasteiger partial charge in [0.2, 0.25) is 5.82 Å². The monoisotopic (exact) mass is 360 g/mol. The molecule has 0 aromatic heterocycles. The highest BCUT2D eigenvalue weighted by molar-refractivity contribution is 9.10. The molecule has 2 rings (SSSR count). The van der Waals surface area contributed by atoms with E-state index in [4.69, 9.17) is 16.3 Å². The Labute approximate surface area is 127 Å². The lowest BCUT2D eigenvalue weighted by Crippen LogP contribution is -2.12. The summed E-state index contributed by atoms with van der Waals surface area (Å²) in [5.74, 6) is -2.86. The van der Waals surface area contributed by atoms with Crippen molar-refractivity contribution in [1.82, 2.24) is 0 Å². The largest absolute Gasteiger partial charge is 0.482 e. The predicted octanol–water partition coefficient (Wildman–Crippen LogP) is 4.64. The Bertz CT molecular complexity index is 644. The van der Waals surface area contributed by atoms with Crippen LogP contribution in [0.15, 0.2) is 40.9 Å². The zero-order chi connectivity index (χ0) is 14.7. The second-order valence-corrected chi connectivity index (χ2v) is 5.27. The van der Waals surface area contributed by atoms with Crippen molar-refractivity contribution in [2.24, 2.45) is 0 Å². The van der Waals surface area contributed by atoms with Crippen molar-refractivity contribution < 1.29 is 18.3 Å². The fourth-order valence-electron chi connectivity index (χ4n) is 1.50. The van der Waals surface area contributed by atoms with Crippen molar-refractivity contribution in [1.29, 1.82) is 0 Å². The Hall–Kier alpha value is -1.46. The highest BCUT2D eigenvalue weighted by Gasteiger charge is 2.13. The molecule has 0 amide bonds. The topological polar surface area (TPSA) is 26.3 Å². The van der Waals surface area contributed by atoms with Crippen LogP contribution in [-0.2, 0) is 0 Å². The molecule has 0 N–H and O–H groups in total. The summed E-state index contributed by atoms with van der Waals surface area (Å²) in [6.07, 6.45) is 0. The van der Waals surface area contributed by atoms with Crippen molar-refractivity contribution in [3.05, 3.63) is 63.1 Å². The summed E-state index contributed by atoms with van der Waals surface area (Å²) >= 11 is 8.73. The summed E-state index contributed by atoms with van der Waals surface area (Å²) in [5, 5.41) is 0.502. The molecule has 0 bridgehead atoms. The van der Waals surface area contributed by atoms with Crippen molar-refractivity contribution in [2.75, 3.05) is 6.61 Å². The predicted molar refractivity (Wildman–Crippen MR) is 75.3 cm³/mol. The second-order valence-electron chi connectivity index (χ2n) is 3.92. The molecular weight excluding hydrogens is 354 g/mol. The Kier molecular flexibility index (Phi) is 4.73. The van der Waals surface area contributed by atoms with E-state index in [-0.39, 0.29) is 11.5 Å². The fraction of sp³-hybridized carbons (Fsp3) is 0.0714. The van der Waals surface area contributed by atoms with Gasteiger partial charge in [0.25, 0.3) is 0 Å². The van der Waals surface area contributed by atoms with Gasteiger partial charge in [0.1, 0.15) is 0 Å². The second kappa shape index (κ2) is 6.33. The summed E-state index contributed by atoms with van der Waals surface area (Å²) in [6.45, 7) is -0.394. The van der Waals surface area contributed by atoms with Crippen molar-refractivity contribution in [3.63, 3.8) is 0 Å². The molecule has 104 valence electrons. The van der Waals surface area contributed by atoms with Crippen LogP contribution in [0.1, 0.15) is 10.4 Å². The number of ketones is 1. The van der Waals surface area contributed by atoms with Gasteiger partial charge in [-0.25, -0.2) is 4.39 Å². The van der Waals surface area contributed by atoms with Crippen LogP contribution in [0.3, 0.4) is 0 Å². The van der Waals surface area contributed by atoms with Gasteiger partial charge in [-0.15, -0.1) is 0 Å². The molecule has 0 saturated carbocycles. The van der Waals surface area contributed by atoms with E-state index in [1.165, 1.54) is 18.2 Å². The van der Waals surface area contributed by atoms with Crippen LogP contribution in [0.5, 0.6) is 5.75 Å². The smallest absolute Gasteiger partial charge is 0.200 e. The molecule has 6 heteroatoms. The van der Waals surface area contributed by atoms with Gasteiger partial charge < -0.3 is 4.74 Å². The van der Waals surface area contributed by atoms with E-state index in [0.717, 1.165) is 6.07 Å². The lowest BCUT2D eigenvalue weighted by molar-refractivity contribution is 0.0918. The van der Waals surface area contributed by atoms with Crippen LogP contribution < -0.4 is 4.74 Å². The van der Waals surface area contributed by atoms with Crippen LogP contribution in [0, 0.1) is 11.6 Å². The standard InChI is InChI=1S/C14H8BrClF2O2/c15-9-5-11(17)14(18)13(6-9)20-7-12(19)8-1-3-10(16)4-2-8/h1-6H,7H2. The molecule has 0 saturated heterocycles. The third kappa shape index (κ3) is 3.55. The zero-order valence-electron chi connectivity index (χ0n) is 10.00. The van der Waals surface area contributed by atoms with Crippen LogP contribution in [0.4, 0.5) is 8.78 Å². The molecule has 2 nitrogen and oxygen atoms in total. The normalized spacial score (nSPS) is 10.4. The summed E-state index contributed by atoms with van der Waals surface area (Å²) in [6, 6.07) is 8.43. The average Bonchev–Trinajstić information content (AvgIpc) is 2.41. The molecule has 0 unspecified atom stereocenters. The number of carbonyl (C=O) groups excluding carboxylic acids is 1. The lowest BCUT2D eigenvalue weighted by atomic mass is 10.1. The van der Waals surface area contributed by atoms with Gasteiger partial charge in [-0.05, 0) is 36.4 Å². The molecule has 0 atom stereocenters. The summed E-state index contributed by atoms with van der Waals surface area (Å²) in [7, 11) is 0. The molecule has 2 aromatic carbocycles. The molecule has 0 fully saturated rings. The minimum Gasteiger partial charge on any atom is -0.482 e. The maximum Gasteiger partial charge on any atom is 0.200 e. The molecule has 0 heterocycles. The van der Waals surface area contributed by atoms with Gasteiger partial charge in [-0.2, -0.15) is 4.39 Å². The van der Waals surface area contributed by atoms with E-state index in [2.05, 4.69) is 15.9 Å². The Balaban J connectivity index is 2.09. The quantitative estimate of drug-likeness (QED) is 0.586. The van der Waals surface area contributed by atoms with Crippen molar-refractivity contribution in [2.45, 2.75) is 0 Å². The highest BCUT2D eigenvalue weighted by Crippen LogP contribution is 2.25. The minimum atomic E-state index is -1.13. The molecule has 0 spiro atoms. The summed E-state index contributed by atoms with van der Waals surface area (Å²) in [4.78, 5) is 11.8. The Morgan fingerprint density at radius 1 is 1.20 bits per heavy atom. The van der Waals surface area contributed by atoms with Gasteiger partial charge in [-0.3, -0.25) is 4.79 Å². The van der Waals surface area contributed by atoms with E-state index in [9.17, 15) is 13.6 Å². The number of carbonyl (C=O) groups is 1. The summed E-state index contributed by atoms with van der Waals surface area (Å²) in [5.41, 5.74) is 0.380. The van der Waals surface area contributed by atoms with Gasteiger partial charge in [-0.1, -0.05) is 27.5 Å². The molecule has 20 heavy (non-hydrogen) atoms. The number of ether oxygens (including phenoxy) is 1. The highest BCUT2D eigenvalue weighted by atomic mass is 79.9. The third-order valence-electron chi connectivity index (χ3n) is 2.48. The third-order valence-corrected chi connectivity index (χ3v) is 3.19. The first-order valence-corrected chi connectivity index (χ1v) is 6.70. The maximum absolute atomic E-state index is 13.4. The Morgan fingerprint density at radius 3 is 2.50 bits per heavy atom. The van der Waals surface area contributed by atoms with Crippen molar-refractivity contribution >= 4 is 33.3 Å². The molecular formula is C14H8BrClF2O2. The molecule has 0 aliphatic carbocycles. The number of hydrogen-bond donors (Lipinski definition) is 0. The van der Waals surface area contributed by atoms with Crippen LogP contribution in [-0.4, -0.2) is 12.4 Å². The minimum absolute atomic E-state index is 0.320. The van der Waals surface area contributed by atoms with E-state index < -0.39 is 18.2 Å². The van der Waals surface area contributed by atoms with Crippen molar-refractivity contribution in [3.8, 4) is 5.75 Å². The first-order valence-electron chi connectivity index (χ1n) is 5.53. The van der Waals surface area contributed by atoms with Crippen LogP contribution in [0.2, 0.25) is 5.02 Å². The first-order chi connectivity index (χ1) is 9.47. The van der Waals surface area contributed by atoms with Gasteiger partial charge >= 0.3 is 0 Å². The van der Waals surface area contributed by atoms with Gasteiger partial charge in [0.15, 0.2) is 24.0 Å². The number of benzene rings is 2. The number of halogens is 4. The number of Topliss-reactive ketones (excluding diaryl/α,β-unsaturated/α-hetero) is 1. The number of rotatable bonds is 4. The zero-order valence-corrected chi connectivity index (χ0v) is 12.3. The fourth-order valence-corrected chi connectivity index (χ4v) is 2.03. The average molecular weight is 362 g/mol. The lowest BCUT2D eigenvalue weighted by Gasteiger charge is -2.08. The van der Waals surface area contributed by atoms with Gasteiger partial charge in [0.05, 0.1) is 0 Å². The summed E-state index contributed by atoms with van der Waals surface area (Å²) < 4.78 is 31.9. The van der Waals surface area contributed by atoms with Crippen LogP contribution in [0.25, 0.3) is 0 Å². The van der Waals surface area contributed by atoms with Crippen LogP contribution >= 0.6 is 27.5 Å². The maximum atomic E-state index is 13.4. The first kappa shape index (κ1) is 14.9. The molecule has 0 radical (unpaired) electrons. The van der Waals surface area contributed by atoms with Gasteiger partial charge in [0, 0.05) is 15.1 Å². The Morgan fingerprint density at radius 2 is 1.85 bits per heavy atom. The SMILES string of the molecule is O=C(COc1cc(Br)cc(F)c1F)c1ccc(Cl)cc1. The van der Waals surface area contributed by atoms with E-state index >= 15 is 0 Å². The van der Waals surface area contributed by atoms with E-state index in [0.29, 0.717) is 15.1 Å². The molecule has 2 aromatic rings. The molecule has 0 aliphatic heterocycles. The van der Waals surface area contributed by atoms with E-state index in [1.54, 1.807) is 12.1 Å². The van der Waals surface area contributed by atoms with E-state index in [1.807, 2.05) is 0 Å². The molecule has 0 aliphatic rings.